The minimum Gasteiger partial charge on any atom is -0.486 e. The van der Waals surface area contributed by atoms with Crippen LogP contribution in [0.2, 0.25) is 0 Å². The smallest absolute Gasteiger partial charge is 0.244 e. The Balaban J connectivity index is 1.89. The molecule has 0 radical (unpaired) electrons. The fraction of sp³-hybridized carbons (Fsp3) is 0.440. The van der Waals surface area contributed by atoms with Gasteiger partial charge in [0.2, 0.25) is 21.8 Å². The molecule has 3 rings (SSSR count). The summed E-state index contributed by atoms with van der Waals surface area (Å²) in [5.41, 5.74) is 1.11. The maximum atomic E-state index is 13.6. The number of sulfonamides is 1. The molecule has 0 saturated carbocycles. The van der Waals surface area contributed by atoms with E-state index in [4.69, 9.17) is 9.47 Å². The molecule has 2 atom stereocenters. The molecule has 1 heterocycles. The normalized spacial score (nSPS) is 14.5. The molecule has 2 aromatic rings. The van der Waals surface area contributed by atoms with E-state index in [0.29, 0.717) is 24.7 Å². The Kier molecular flexibility index (Phi) is 8.61. The lowest BCUT2D eigenvalue weighted by Crippen LogP contribution is -2.52. The molecule has 190 valence electrons. The third-order valence-electron chi connectivity index (χ3n) is 5.86. The van der Waals surface area contributed by atoms with Gasteiger partial charge in [0.25, 0.3) is 0 Å². The molecular formula is C25H33N3O6S. The molecule has 35 heavy (non-hydrogen) atoms. The predicted octanol–water partition coefficient (Wildman–Crippen LogP) is 2.56. The van der Waals surface area contributed by atoms with E-state index in [-0.39, 0.29) is 24.2 Å². The first-order chi connectivity index (χ1) is 16.6. The van der Waals surface area contributed by atoms with Gasteiger partial charge >= 0.3 is 0 Å². The molecule has 0 saturated heterocycles. The van der Waals surface area contributed by atoms with E-state index < -0.39 is 28.5 Å². The van der Waals surface area contributed by atoms with Gasteiger partial charge in [-0.3, -0.25) is 13.9 Å². The molecule has 0 unspecified atom stereocenters. The molecular weight excluding hydrogens is 470 g/mol. The van der Waals surface area contributed by atoms with Crippen LogP contribution in [0.25, 0.3) is 0 Å². The number of carbonyl (C=O) groups excluding carboxylic acids is 2. The first kappa shape index (κ1) is 26.3. The van der Waals surface area contributed by atoms with Gasteiger partial charge in [-0.1, -0.05) is 37.3 Å². The van der Waals surface area contributed by atoms with Crippen LogP contribution in [0.1, 0.15) is 32.8 Å². The fourth-order valence-electron chi connectivity index (χ4n) is 3.63. The summed E-state index contributed by atoms with van der Waals surface area (Å²) in [5.74, 6) is 0.132. The number of amides is 2. The van der Waals surface area contributed by atoms with Crippen LogP contribution in [0.4, 0.5) is 5.69 Å². The van der Waals surface area contributed by atoms with Crippen molar-refractivity contribution >= 4 is 27.5 Å². The number of carbonyl (C=O) groups is 2. The Labute approximate surface area is 207 Å². The molecule has 9 nitrogen and oxygen atoms in total. The van der Waals surface area contributed by atoms with Gasteiger partial charge in [0.15, 0.2) is 11.5 Å². The second-order valence-corrected chi connectivity index (χ2v) is 10.5. The zero-order valence-corrected chi connectivity index (χ0v) is 21.4. The summed E-state index contributed by atoms with van der Waals surface area (Å²) >= 11 is 0. The van der Waals surface area contributed by atoms with Crippen molar-refractivity contribution in [3.63, 3.8) is 0 Å². The van der Waals surface area contributed by atoms with Crippen molar-refractivity contribution in [1.29, 1.82) is 0 Å². The van der Waals surface area contributed by atoms with Crippen LogP contribution >= 0.6 is 0 Å². The number of anilines is 1. The SMILES string of the molecule is CC[C@H](C)NC(=O)[C@@H](C)N(Cc1ccccc1)C(=O)CN(c1ccc2c(c1)OCCO2)S(C)(=O)=O. The molecule has 0 bridgehead atoms. The van der Waals surface area contributed by atoms with Crippen LogP contribution in [-0.2, 0) is 26.2 Å². The fourth-order valence-corrected chi connectivity index (χ4v) is 4.47. The van der Waals surface area contributed by atoms with Crippen LogP contribution in [0.5, 0.6) is 11.5 Å². The van der Waals surface area contributed by atoms with Gasteiger partial charge < -0.3 is 19.7 Å². The highest BCUT2D eigenvalue weighted by Gasteiger charge is 2.31. The molecule has 0 fully saturated rings. The molecule has 1 N–H and O–H groups in total. The summed E-state index contributed by atoms with van der Waals surface area (Å²) in [6, 6.07) is 13.1. The molecule has 10 heteroatoms. The highest BCUT2D eigenvalue weighted by atomic mass is 32.2. The molecule has 0 aliphatic carbocycles. The first-order valence-corrected chi connectivity index (χ1v) is 13.5. The van der Waals surface area contributed by atoms with Crippen molar-refractivity contribution in [1.82, 2.24) is 10.2 Å². The number of hydrogen-bond donors (Lipinski definition) is 1. The molecule has 2 amide bonds. The first-order valence-electron chi connectivity index (χ1n) is 11.6. The maximum absolute atomic E-state index is 13.6. The minimum atomic E-state index is -3.83. The summed E-state index contributed by atoms with van der Waals surface area (Å²) < 4.78 is 37.5. The van der Waals surface area contributed by atoms with Crippen LogP contribution in [-0.4, -0.2) is 63.2 Å². The third-order valence-corrected chi connectivity index (χ3v) is 7.00. The van der Waals surface area contributed by atoms with E-state index in [1.54, 1.807) is 25.1 Å². The second-order valence-electron chi connectivity index (χ2n) is 8.60. The van der Waals surface area contributed by atoms with Gasteiger partial charge in [-0.15, -0.1) is 0 Å². The average Bonchev–Trinajstić information content (AvgIpc) is 2.84. The van der Waals surface area contributed by atoms with Crippen molar-refractivity contribution in [2.24, 2.45) is 0 Å². The molecule has 1 aliphatic heterocycles. The van der Waals surface area contributed by atoms with Crippen LogP contribution in [0, 0.1) is 0 Å². The van der Waals surface area contributed by atoms with E-state index in [0.717, 1.165) is 22.5 Å². The molecule has 2 aromatic carbocycles. The standard InChI is InChI=1S/C25H33N3O6S/c1-5-18(2)26-25(30)19(3)27(16-20-9-7-6-8-10-20)24(29)17-28(35(4,31)32)21-11-12-22-23(15-21)34-14-13-33-22/h6-12,15,18-19H,5,13-14,16-17H2,1-4H3,(H,26,30)/t18-,19+/m0/s1. The van der Waals surface area contributed by atoms with Gasteiger partial charge in [0.05, 0.1) is 11.9 Å². The van der Waals surface area contributed by atoms with Crippen LogP contribution in [0.3, 0.4) is 0 Å². The number of rotatable bonds is 10. The van der Waals surface area contributed by atoms with Gasteiger partial charge in [-0.05, 0) is 38.0 Å². The largest absolute Gasteiger partial charge is 0.486 e. The Morgan fingerprint density at radius 2 is 1.69 bits per heavy atom. The van der Waals surface area contributed by atoms with Gasteiger partial charge in [0, 0.05) is 18.7 Å². The summed E-state index contributed by atoms with van der Waals surface area (Å²) in [4.78, 5) is 27.9. The van der Waals surface area contributed by atoms with Crippen molar-refractivity contribution in [3.05, 3.63) is 54.1 Å². The minimum absolute atomic E-state index is 0.0520. The maximum Gasteiger partial charge on any atom is 0.244 e. The van der Waals surface area contributed by atoms with E-state index in [2.05, 4.69) is 5.32 Å². The third kappa shape index (κ3) is 6.88. The highest BCUT2D eigenvalue weighted by Crippen LogP contribution is 2.34. The lowest BCUT2D eigenvalue weighted by molar-refractivity contribution is -0.139. The number of nitrogens with zero attached hydrogens (tertiary/aromatic N) is 2. The van der Waals surface area contributed by atoms with Crippen molar-refractivity contribution in [2.45, 2.75) is 45.8 Å². The summed E-state index contributed by atoms with van der Waals surface area (Å²) in [6.07, 6.45) is 1.79. The number of ether oxygens (including phenoxy) is 2. The quantitative estimate of drug-likeness (QED) is 0.534. The van der Waals surface area contributed by atoms with E-state index in [9.17, 15) is 18.0 Å². The summed E-state index contributed by atoms with van der Waals surface area (Å²) in [5, 5.41) is 2.90. The Morgan fingerprint density at radius 1 is 1.03 bits per heavy atom. The summed E-state index contributed by atoms with van der Waals surface area (Å²) in [7, 11) is -3.83. The van der Waals surface area contributed by atoms with E-state index in [1.807, 2.05) is 44.2 Å². The van der Waals surface area contributed by atoms with E-state index >= 15 is 0 Å². The summed E-state index contributed by atoms with van der Waals surface area (Å²) in [6.45, 7) is 5.95. The van der Waals surface area contributed by atoms with Crippen molar-refractivity contribution < 1.29 is 27.5 Å². The van der Waals surface area contributed by atoms with E-state index in [1.165, 1.54) is 4.90 Å². The zero-order chi connectivity index (χ0) is 25.6. The number of fused-ring (bicyclic) bond motifs is 1. The van der Waals surface area contributed by atoms with Crippen molar-refractivity contribution in [3.8, 4) is 11.5 Å². The lowest BCUT2D eigenvalue weighted by Gasteiger charge is -2.32. The predicted molar refractivity (Wildman–Crippen MR) is 134 cm³/mol. The molecule has 1 aliphatic rings. The molecule has 0 aromatic heterocycles. The lowest BCUT2D eigenvalue weighted by atomic mass is 10.1. The van der Waals surface area contributed by atoms with Gasteiger partial charge in [-0.2, -0.15) is 0 Å². The van der Waals surface area contributed by atoms with Gasteiger partial charge in [-0.25, -0.2) is 8.42 Å². The zero-order valence-electron chi connectivity index (χ0n) is 20.6. The average molecular weight is 504 g/mol. The van der Waals surface area contributed by atoms with Crippen LogP contribution < -0.4 is 19.1 Å². The Morgan fingerprint density at radius 3 is 2.31 bits per heavy atom. The number of benzene rings is 2. The Hall–Kier alpha value is -3.27. The Bertz CT molecular complexity index is 1140. The van der Waals surface area contributed by atoms with Crippen molar-refractivity contribution in [2.75, 3.05) is 30.3 Å². The monoisotopic (exact) mass is 503 g/mol. The number of nitrogens with one attached hydrogen (secondary N) is 1. The second kappa shape index (κ2) is 11.4. The highest BCUT2D eigenvalue weighted by molar-refractivity contribution is 7.92. The molecule has 0 spiro atoms. The topological polar surface area (TPSA) is 105 Å². The number of hydrogen-bond acceptors (Lipinski definition) is 6. The van der Waals surface area contributed by atoms with Crippen LogP contribution in [0.15, 0.2) is 48.5 Å². The van der Waals surface area contributed by atoms with Gasteiger partial charge in [0.1, 0.15) is 25.8 Å².